The molecule has 4 aromatic rings. The third kappa shape index (κ3) is 5.25. The zero-order valence-electron chi connectivity index (χ0n) is 17.1. The van der Waals surface area contributed by atoms with Gasteiger partial charge in [-0.25, -0.2) is 13.2 Å². The minimum absolute atomic E-state index is 0.0602. The number of carbonyl (C=O) groups is 1. The van der Waals surface area contributed by atoms with Crippen molar-refractivity contribution in [3.63, 3.8) is 0 Å². The van der Waals surface area contributed by atoms with E-state index < -0.39 is 17.5 Å². The van der Waals surface area contributed by atoms with Crippen LogP contribution < -0.4 is 10.1 Å². The van der Waals surface area contributed by atoms with Crippen LogP contribution in [0.2, 0.25) is 0 Å². The Hall–Kier alpha value is -3.60. The van der Waals surface area contributed by atoms with Crippen molar-refractivity contribution in [1.82, 2.24) is 14.9 Å². The predicted octanol–water partition coefficient (Wildman–Crippen LogP) is 5.24. The van der Waals surface area contributed by atoms with E-state index in [9.17, 15) is 18.0 Å². The van der Waals surface area contributed by atoms with Gasteiger partial charge in [-0.3, -0.25) is 9.48 Å². The zero-order chi connectivity index (χ0) is 23.5. The molecule has 0 spiro atoms. The summed E-state index contributed by atoms with van der Waals surface area (Å²) in [7, 11) is 0. The van der Waals surface area contributed by atoms with E-state index in [1.807, 2.05) is 0 Å². The number of amides is 1. The lowest BCUT2D eigenvalue weighted by Gasteiger charge is -2.08. The van der Waals surface area contributed by atoms with Crippen LogP contribution in [-0.2, 0) is 13.2 Å². The molecule has 0 aliphatic heterocycles. The van der Waals surface area contributed by atoms with Gasteiger partial charge >= 0.3 is 0 Å². The van der Waals surface area contributed by atoms with Gasteiger partial charge in [-0.1, -0.05) is 17.3 Å². The first-order valence-electron chi connectivity index (χ1n) is 9.62. The van der Waals surface area contributed by atoms with Crippen molar-refractivity contribution in [2.75, 3.05) is 5.32 Å². The monoisotopic (exact) mass is 520 g/mol. The van der Waals surface area contributed by atoms with Crippen LogP contribution in [0.15, 0.2) is 57.7 Å². The summed E-state index contributed by atoms with van der Waals surface area (Å²) in [4.78, 5) is 12.8. The van der Waals surface area contributed by atoms with Crippen LogP contribution in [0.3, 0.4) is 0 Å². The van der Waals surface area contributed by atoms with Gasteiger partial charge in [-0.15, -0.1) is 0 Å². The summed E-state index contributed by atoms with van der Waals surface area (Å²) in [6, 6.07) is 8.89. The number of rotatable bonds is 7. The summed E-state index contributed by atoms with van der Waals surface area (Å²) >= 11 is 3.34. The third-order valence-electron chi connectivity index (χ3n) is 4.67. The van der Waals surface area contributed by atoms with Crippen LogP contribution in [-0.4, -0.2) is 20.8 Å². The van der Waals surface area contributed by atoms with Crippen LogP contribution in [0.25, 0.3) is 0 Å². The van der Waals surface area contributed by atoms with Crippen molar-refractivity contribution in [3.05, 3.63) is 93.2 Å². The number of ether oxygens (including phenoxy) is 1. The van der Waals surface area contributed by atoms with Gasteiger partial charge in [0.25, 0.3) is 5.91 Å². The Morgan fingerprint density at radius 2 is 1.88 bits per heavy atom. The molecule has 0 radical (unpaired) electrons. The first-order valence-corrected chi connectivity index (χ1v) is 10.4. The van der Waals surface area contributed by atoms with Gasteiger partial charge in [-0.2, -0.15) is 5.10 Å². The maximum absolute atomic E-state index is 13.8. The molecule has 2 aromatic carbocycles. The normalized spacial score (nSPS) is 10.9. The van der Waals surface area contributed by atoms with Gasteiger partial charge < -0.3 is 14.6 Å². The Morgan fingerprint density at radius 3 is 2.61 bits per heavy atom. The molecule has 2 heterocycles. The smallest absolute Gasteiger partial charge is 0.279 e. The van der Waals surface area contributed by atoms with Crippen LogP contribution in [0.5, 0.6) is 5.75 Å². The number of aryl methyl sites for hydroxylation is 1. The second kappa shape index (κ2) is 9.49. The summed E-state index contributed by atoms with van der Waals surface area (Å²) in [6.07, 6.45) is 1.66. The van der Waals surface area contributed by atoms with E-state index >= 15 is 0 Å². The number of anilines is 1. The maximum Gasteiger partial charge on any atom is 0.279 e. The lowest BCUT2D eigenvalue weighted by atomic mass is 10.2. The highest BCUT2D eigenvalue weighted by atomic mass is 79.9. The molecule has 11 heteroatoms. The molecule has 2 aromatic heterocycles. The van der Waals surface area contributed by atoms with Gasteiger partial charge in [0, 0.05) is 12.3 Å². The second-order valence-corrected chi connectivity index (χ2v) is 7.89. The van der Waals surface area contributed by atoms with Gasteiger partial charge in [0.1, 0.15) is 24.0 Å². The number of halogens is 4. The molecule has 0 atom stereocenters. The average molecular weight is 521 g/mol. The first-order chi connectivity index (χ1) is 15.8. The van der Waals surface area contributed by atoms with Gasteiger partial charge in [0.2, 0.25) is 0 Å². The van der Waals surface area contributed by atoms with E-state index in [2.05, 4.69) is 31.5 Å². The Kier molecular flexibility index (Phi) is 6.50. The van der Waals surface area contributed by atoms with E-state index in [0.29, 0.717) is 28.4 Å². The number of nitrogens with one attached hydrogen (secondary N) is 1. The summed E-state index contributed by atoms with van der Waals surface area (Å²) < 4.78 is 52.6. The highest BCUT2D eigenvalue weighted by Crippen LogP contribution is 2.24. The third-order valence-corrected chi connectivity index (χ3v) is 5.25. The molecule has 1 amide bonds. The van der Waals surface area contributed by atoms with E-state index in [1.165, 1.54) is 12.1 Å². The number of hydrogen-bond donors (Lipinski definition) is 1. The lowest BCUT2D eigenvalue weighted by Crippen LogP contribution is -2.16. The molecule has 0 saturated carbocycles. The number of hydrogen-bond acceptors (Lipinski definition) is 5. The summed E-state index contributed by atoms with van der Waals surface area (Å²) in [5.41, 5.74) is 1.07. The largest absolute Gasteiger partial charge is 0.486 e. The van der Waals surface area contributed by atoms with Crippen LogP contribution in [0, 0.1) is 24.4 Å². The molecule has 0 aliphatic rings. The minimum Gasteiger partial charge on any atom is -0.486 e. The molecule has 0 aliphatic carbocycles. The van der Waals surface area contributed by atoms with Gasteiger partial charge in [0.05, 0.1) is 16.6 Å². The van der Waals surface area contributed by atoms with Crippen molar-refractivity contribution in [1.29, 1.82) is 0 Å². The summed E-state index contributed by atoms with van der Waals surface area (Å²) in [6.45, 7) is 1.72. The second-order valence-electron chi connectivity index (χ2n) is 7.03. The van der Waals surface area contributed by atoms with E-state index in [0.717, 1.165) is 17.7 Å². The Bertz CT molecular complexity index is 1300. The molecule has 170 valence electrons. The van der Waals surface area contributed by atoms with Crippen molar-refractivity contribution in [2.24, 2.45) is 0 Å². The molecular formula is C22H16BrF3N4O3. The van der Waals surface area contributed by atoms with Crippen LogP contribution in [0.4, 0.5) is 19.0 Å². The topological polar surface area (TPSA) is 82.2 Å². The number of carbonyl (C=O) groups excluding carboxylic acids is 1. The van der Waals surface area contributed by atoms with Crippen LogP contribution in [0.1, 0.15) is 27.4 Å². The Labute approximate surface area is 194 Å². The molecule has 0 fully saturated rings. The molecule has 0 unspecified atom stereocenters. The Morgan fingerprint density at radius 1 is 1.15 bits per heavy atom. The quantitative estimate of drug-likeness (QED) is 0.360. The van der Waals surface area contributed by atoms with Gasteiger partial charge in [-0.05, 0) is 52.7 Å². The predicted molar refractivity (Wildman–Crippen MR) is 115 cm³/mol. The highest BCUT2D eigenvalue weighted by Gasteiger charge is 2.22. The number of benzene rings is 2. The standard InChI is InChI=1S/C22H16BrF3N4O3/c1-12-16(11-32-19-7-6-15(25)8-18(19)26)20(29-33-12)22(31)27-21-17(23)10-30(28-21)9-13-2-4-14(24)5-3-13/h2-8,10H,9,11H2,1H3,(H,27,28,31). The fourth-order valence-electron chi connectivity index (χ4n) is 2.99. The van der Waals surface area contributed by atoms with Gasteiger partial charge in [0.15, 0.2) is 23.1 Å². The van der Waals surface area contributed by atoms with Crippen LogP contribution >= 0.6 is 15.9 Å². The SMILES string of the molecule is Cc1onc(C(=O)Nc2nn(Cc3ccc(F)cc3)cc2Br)c1COc1ccc(F)cc1F. The van der Waals surface area contributed by atoms with Crippen molar-refractivity contribution >= 4 is 27.7 Å². The average Bonchev–Trinajstić information content (AvgIpc) is 3.31. The molecule has 0 bridgehead atoms. The summed E-state index contributed by atoms with van der Waals surface area (Å²) in [5.74, 6) is -2.18. The lowest BCUT2D eigenvalue weighted by molar-refractivity contribution is 0.101. The summed E-state index contributed by atoms with van der Waals surface area (Å²) in [5, 5.41) is 10.7. The molecule has 7 nitrogen and oxygen atoms in total. The molecule has 33 heavy (non-hydrogen) atoms. The van der Waals surface area contributed by atoms with E-state index in [-0.39, 0.29) is 29.7 Å². The molecule has 0 saturated heterocycles. The maximum atomic E-state index is 13.8. The van der Waals surface area contributed by atoms with E-state index in [4.69, 9.17) is 9.26 Å². The molecular weight excluding hydrogens is 505 g/mol. The fraction of sp³-hybridized carbons (Fsp3) is 0.136. The molecule has 1 N–H and O–H groups in total. The van der Waals surface area contributed by atoms with Crippen molar-refractivity contribution in [3.8, 4) is 5.75 Å². The zero-order valence-corrected chi connectivity index (χ0v) is 18.7. The Balaban J connectivity index is 1.47. The highest BCUT2D eigenvalue weighted by molar-refractivity contribution is 9.10. The fourth-order valence-corrected chi connectivity index (χ4v) is 3.40. The molecule has 4 rings (SSSR count). The number of nitrogens with zero attached hydrogens (tertiary/aromatic N) is 3. The minimum atomic E-state index is -0.870. The van der Waals surface area contributed by atoms with Crippen molar-refractivity contribution < 1.29 is 27.2 Å². The van der Waals surface area contributed by atoms with Crippen molar-refractivity contribution in [2.45, 2.75) is 20.1 Å². The number of aromatic nitrogens is 3. The van der Waals surface area contributed by atoms with E-state index in [1.54, 1.807) is 29.9 Å². The first kappa shape index (κ1) is 22.6.